The number of nitrogens with one attached hydrogen (secondary N) is 1. The normalized spacial score (nSPS) is 14.7. The van der Waals surface area contributed by atoms with Crippen LogP contribution >= 0.6 is 23.2 Å². The van der Waals surface area contributed by atoms with Crippen LogP contribution in [0.3, 0.4) is 0 Å². The highest BCUT2D eigenvalue weighted by Gasteiger charge is 2.29. The van der Waals surface area contributed by atoms with Gasteiger partial charge < -0.3 is 19.9 Å². The van der Waals surface area contributed by atoms with Gasteiger partial charge in [0.15, 0.2) is 0 Å². The first-order valence-electron chi connectivity index (χ1n) is 11.1. The quantitative estimate of drug-likeness (QED) is 0.334. The highest BCUT2D eigenvalue weighted by molar-refractivity contribution is 6.32. The van der Waals surface area contributed by atoms with Crippen molar-refractivity contribution in [3.05, 3.63) is 93.5 Å². The van der Waals surface area contributed by atoms with Gasteiger partial charge in [0.2, 0.25) is 0 Å². The zero-order valence-corrected chi connectivity index (χ0v) is 20.2. The minimum Gasteiger partial charge on any atom is -0.493 e. The Morgan fingerprint density at radius 3 is 2.60 bits per heavy atom. The molecule has 8 heteroatoms. The number of carboxylic acid groups (broad SMARTS) is 1. The Bertz CT molecular complexity index is 1260. The highest BCUT2D eigenvalue weighted by atomic mass is 35.5. The van der Waals surface area contributed by atoms with Crippen molar-refractivity contribution in [1.82, 2.24) is 5.32 Å². The molecule has 6 nitrogen and oxygen atoms in total. The van der Waals surface area contributed by atoms with Crippen molar-refractivity contribution in [2.45, 2.75) is 18.8 Å². The van der Waals surface area contributed by atoms with Crippen LogP contribution in [-0.2, 0) is 4.79 Å². The maximum atomic E-state index is 12.4. The van der Waals surface area contributed by atoms with Crippen molar-refractivity contribution in [3.63, 3.8) is 0 Å². The van der Waals surface area contributed by atoms with Crippen LogP contribution in [0.4, 0.5) is 0 Å². The molecule has 2 N–H and O–H groups in total. The van der Waals surface area contributed by atoms with Gasteiger partial charge in [0, 0.05) is 28.8 Å². The van der Waals surface area contributed by atoms with Gasteiger partial charge >= 0.3 is 5.97 Å². The standard InChI is InChI=1S/C27H23Cl2NO5/c28-22-7-2-1-5-17(22)6-3-4-13-30-26(31)18-8-10-19(11-9-18)35-25-16-24-21(15-23(25)29)20(27(32)33)12-14-34-24/h1-3,5-11,15-16,20H,4,12-14H2,(H,30,31)(H,32,33). The number of rotatable bonds is 8. The van der Waals surface area contributed by atoms with Gasteiger partial charge in [-0.2, -0.15) is 0 Å². The Hall–Kier alpha value is -3.48. The van der Waals surface area contributed by atoms with Gasteiger partial charge in [-0.1, -0.05) is 53.6 Å². The molecule has 0 radical (unpaired) electrons. The summed E-state index contributed by atoms with van der Waals surface area (Å²) < 4.78 is 11.5. The van der Waals surface area contributed by atoms with Crippen LogP contribution in [0.2, 0.25) is 10.0 Å². The largest absolute Gasteiger partial charge is 0.493 e. The lowest BCUT2D eigenvalue weighted by Crippen LogP contribution is -2.23. The minimum absolute atomic E-state index is 0.192. The van der Waals surface area contributed by atoms with E-state index < -0.39 is 11.9 Å². The number of fused-ring (bicyclic) bond motifs is 1. The van der Waals surface area contributed by atoms with Crippen molar-refractivity contribution in [2.75, 3.05) is 13.2 Å². The van der Waals surface area contributed by atoms with E-state index in [1.165, 1.54) is 0 Å². The van der Waals surface area contributed by atoms with E-state index in [2.05, 4.69) is 5.32 Å². The molecule has 0 aliphatic carbocycles. The van der Waals surface area contributed by atoms with E-state index in [4.69, 9.17) is 32.7 Å². The predicted molar refractivity (Wildman–Crippen MR) is 136 cm³/mol. The molecule has 3 aromatic carbocycles. The van der Waals surface area contributed by atoms with E-state index in [9.17, 15) is 14.7 Å². The zero-order chi connectivity index (χ0) is 24.8. The third-order valence-corrected chi connectivity index (χ3v) is 6.19. The fourth-order valence-corrected chi connectivity index (χ4v) is 4.13. The number of benzene rings is 3. The van der Waals surface area contributed by atoms with Gasteiger partial charge in [0.05, 0.1) is 17.5 Å². The lowest BCUT2D eigenvalue weighted by Gasteiger charge is -2.24. The van der Waals surface area contributed by atoms with Crippen LogP contribution in [0.1, 0.15) is 40.2 Å². The predicted octanol–water partition coefficient (Wildman–Crippen LogP) is 6.57. The van der Waals surface area contributed by atoms with E-state index in [1.807, 2.05) is 36.4 Å². The summed E-state index contributed by atoms with van der Waals surface area (Å²) in [5.41, 5.74) is 1.97. The van der Waals surface area contributed by atoms with Gasteiger partial charge in [0.1, 0.15) is 17.2 Å². The second-order valence-corrected chi connectivity index (χ2v) is 8.76. The molecule has 1 atom stereocenters. The van der Waals surface area contributed by atoms with E-state index in [0.717, 1.165) is 5.56 Å². The minimum atomic E-state index is -0.912. The van der Waals surface area contributed by atoms with Gasteiger partial charge in [-0.15, -0.1) is 0 Å². The van der Waals surface area contributed by atoms with E-state index >= 15 is 0 Å². The number of hydrogen-bond donors (Lipinski definition) is 2. The van der Waals surface area contributed by atoms with Crippen LogP contribution < -0.4 is 14.8 Å². The SMILES string of the molecule is O=C(NCCC=Cc1ccccc1Cl)c1ccc(Oc2cc3c(cc2Cl)C(C(=O)O)CCO3)cc1. The summed E-state index contributed by atoms with van der Waals surface area (Å²) in [6.45, 7) is 0.796. The molecule has 180 valence electrons. The smallest absolute Gasteiger partial charge is 0.311 e. The van der Waals surface area contributed by atoms with Crippen molar-refractivity contribution in [1.29, 1.82) is 0 Å². The molecule has 0 bridgehead atoms. The molecule has 35 heavy (non-hydrogen) atoms. The monoisotopic (exact) mass is 511 g/mol. The molecular weight excluding hydrogens is 489 g/mol. The fraction of sp³-hybridized carbons (Fsp3) is 0.185. The van der Waals surface area contributed by atoms with Gasteiger partial charge in [-0.25, -0.2) is 0 Å². The van der Waals surface area contributed by atoms with Crippen LogP contribution in [0.15, 0.2) is 66.7 Å². The van der Waals surface area contributed by atoms with Gasteiger partial charge in [-0.3, -0.25) is 9.59 Å². The Labute approximate surface area is 213 Å². The van der Waals surface area contributed by atoms with Crippen molar-refractivity contribution in [2.24, 2.45) is 0 Å². The van der Waals surface area contributed by atoms with Gasteiger partial charge in [0.25, 0.3) is 5.91 Å². The first-order valence-corrected chi connectivity index (χ1v) is 11.8. The number of carbonyl (C=O) groups is 2. The summed E-state index contributed by atoms with van der Waals surface area (Å²) in [7, 11) is 0. The Balaban J connectivity index is 1.33. The average Bonchev–Trinajstić information content (AvgIpc) is 2.85. The Morgan fingerprint density at radius 2 is 1.86 bits per heavy atom. The fourth-order valence-electron chi connectivity index (χ4n) is 3.72. The van der Waals surface area contributed by atoms with Crippen LogP contribution in [0.25, 0.3) is 6.08 Å². The molecule has 0 fully saturated rings. The molecule has 1 aliphatic heterocycles. The first-order chi connectivity index (χ1) is 16.9. The number of hydrogen-bond acceptors (Lipinski definition) is 4. The summed E-state index contributed by atoms with van der Waals surface area (Å²) in [5, 5.41) is 13.3. The second-order valence-electron chi connectivity index (χ2n) is 7.94. The third kappa shape index (κ3) is 6.15. The lowest BCUT2D eigenvalue weighted by molar-refractivity contribution is -0.139. The lowest BCUT2D eigenvalue weighted by atomic mass is 9.93. The number of carboxylic acids is 1. The maximum Gasteiger partial charge on any atom is 0.311 e. The summed E-state index contributed by atoms with van der Waals surface area (Å²) in [6.07, 6.45) is 4.95. The number of amides is 1. The summed E-state index contributed by atoms with van der Waals surface area (Å²) in [6, 6.07) is 17.4. The van der Waals surface area contributed by atoms with E-state index in [0.29, 0.717) is 59.4 Å². The molecular formula is C27H23Cl2NO5. The molecule has 3 aromatic rings. The Morgan fingerprint density at radius 1 is 1.09 bits per heavy atom. The molecule has 0 saturated heterocycles. The number of halogens is 2. The summed E-state index contributed by atoms with van der Waals surface area (Å²) >= 11 is 12.5. The van der Waals surface area contributed by atoms with E-state index in [-0.39, 0.29) is 10.9 Å². The summed E-state index contributed by atoms with van der Waals surface area (Å²) in [4.78, 5) is 23.9. The summed E-state index contributed by atoms with van der Waals surface area (Å²) in [5.74, 6) is -0.486. The van der Waals surface area contributed by atoms with Crippen molar-refractivity contribution >= 4 is 41.2 Å². The highest BCUT2D eigenvalue weighted by Crippen LogP contribution is 2.41. The average molecular weight is 512 g/mol. The zero-order valence-electron chi connectivity index (χ0n) is 18.7. The molecule has 1 aliphatic rings. The maximum absolute atomic E-state index is 12.4. The molecule has 4 rings (SSSR count). The third-order valence-electron chi connectivity index (χ3n) is 5.55. The van der Waals surface area contributed by atoms with E-state index in [1.54, 1.807) is 36.4 Å². The number of ether oxygens (including phenoxy) is 2. The van der Waals surface area contributed by atoms with Crippen molar-refractivity contribution < 1.29 is 24.2 Å². The topological polar surface area (TPSA) is 84.9 Å². The molecule has 1 amide bonds. The molecule has 1 unspecified atom stereocenters. The number of aliphatic carboxylic acids is 1. The number of carbonyl (C=O) groups excluding carboxylic acids is 1. The molecule has 0 spiro atoms. The first kappa shape index (κ1) is 24.6. The van der Waals surface area contributed by atoms with Crippen LogP contribution in [0.5, 0.6) is 17.2 Å². The Kier molecular flexibility index (Phi) is 7.95. The molecule has 1 heterocycles. The molecule has 0 aromatic heterocycles. The second kappa shape index (κ2) is 11.3. The van der Waals surface area contributed by atoms with Crippen LogP contribution in [-0.4, -0.2) is 30.1 Å². The van der Waals surface area contributed by atoms with Crippen LogP contribution in [0, 0.1) is 0 Å². The van der Waals surface area contributed by atoms with Crippen molar-refractivity contribution in [3.8, 4) is 17.2 Å². The molecule has 0 saturated carbocycles. The van der Waals surface area contributed by atoms with Gasteiger partial charge in [-0.05, 0) is 54.8 Å².